The first-order valence-corrected chi connectivity index (χ1v) is 10.9. The zero-order valence-electron chi connectivity index (χ0n) is 18.5. The Morgan fingerprint density at radius 1 is 1.16 bits per heavy atom. The van der Waals surface area contributed by atoms with Crippen molar-refractivity contribution in [2.75, 3.05) is 27.3 Å². The van der Waals surface area contributed by atoms with Crippen LogP contribution in [0.3, 0.4) is 0 Å². The number of nitrogens with one attached hydrogen (secondary N) is 1. The lowest BCUT2D eigenvalue weighted by atomic mass is 9.96. The fourth-order valence-corrected chi connectivity index (χ4v) is 4.52. The molecular weight excluding hydrogens is 406 g/mol. The first-order chi connectivity index (χ1) is 15.5. The number of ether oxygens (including phenoxy) is 2. The number of para-hydroxylation sites is 1. The predicted octanol–water partition coefficient (Wildman–Crippen LogP) is 3.51. The highest BCUT2D eigenvalue weighted by molar-refractivity contribution is 5.92. The number of hydrogen-bond acceptors (Lipinski definition) is 4. The predicted molar refractivity (Wildman–Crippen MR) is 124 cm³/mol. The maximum absolute atomic E-state index is 13.0. The number of nitrogens with zero attached hydrogens (tertiary/aromatic N) is 1. The van der Waals surface area contributed by atoms with Crippen LogP contribution in [0.4, 0.5) is 0 Å². The Morgan fingerprint density at radius 2 is 1.97 bits per heavy atom. The van der Waals surface area contributed by atoms with Gasteiger partial charge in [0, 0.05) is 42.0 Å². The molecule has 1 fully saturated rings. The third-order valence-electron chi connectivity index (χ3n) is 6.26. The number of benzene rings is 2. The number of carbonyl (C=O) groups excluding carboxylic acids is 2. The molecule has 1 saturated heterocycles. The second-order valence-corrected chi connectivity index (χ2v) is 8.17. The van der Waals surface area contributed by atoms with Crippen LogP contribution in [0.2, 0.25) is 0 Å². The summed E-state index contributed by atoms with van der Waals surface area (Å²) < 4.78 is 11.0. The molecule has 3 N–H and O–H groups in total. The van der Waals surface area contributed by atoms with Gasteiger partial charge < -0.3 is 25.1 Å². The quantitative estimate of drug-likeness (QED) is 0.593. The zero-order valence-corrected chi connectivity index (χ0v) is 18.5. The maximum atomic E-state index is 13.0. The van der Waals surface area contributed by atoms with E-state index in [1.54, 1.807) is 19.1 Å². The summed E-state index contributed by atoms with van der Waals surface area (Å²) in [7, 11) is 3.26. The van der Waals surface area contributed by atoms with Gasteiger partial charge in [-0.15, -0.1) is 0 Å². The number of aryl methyl sites for hydroxylation is 1. The second-order valence-electron chi connectivity index (χ2n) is 8.17. The van der Waals surface area contributed by atoms with Gasteiger partial charge >= 0.3 is 0 Å². The number of likely N-dealkylation sites (tertiary alicyclic amines) is 1. The molecule has 7 nitrogen and oxygen atoms in total. The van der Waals surface area contributed by atoms with E-state index in [4.69, 9.17) is 15.2 Å². The summed E-state index contributed by atoms with van der Waals surface area (Å²) in [5.74, 6) is 0.887. The summed E-state index contributed by atoms with van der Waals surface area (Å²) in [6.07, 6.45) is 2.49. The van der Waals surface area contributed by atoms with Crippen LogP contribution < -0.4 is 15.2 Å². The van der Waals surface area contributed by atoms with Crippen molar-refractivity contribution in [3.8, 4) is 22.8 Å². The van der Waals surface area contributed by atoms with E-state index in [2.05, 4.69) is 11.1 Å². The molecule has 2 aromatic carbocycles. The van der Waals surface area contributed by atoms with Gasteiger partial charge in [0.15, 0.2) is 0 Å². The molecule has 1 unspecified atom stereocenters. The average molecular weight is 436 g/mol. The van der Waals surface area contributed by atoms with Gasteiger partial charge in [-0.25, -0.2) is 0 Å². The first kappa shape index (κ1) is 21.7. The maximum Gasteiger partial charge on any atom is 0.222 e. The van der Waals surface area contributed by atoms with Gasteiger partial charge in [-0.05, 0) is 43.0 Å². The number of fused-ring (bicyclic) bond motifs is 1. The molecule has 7 heteroatoms. The average Bonchev–Trinajstić information content (AvgIpc) is 3.20. The van der Waals surface area contributed by atoms with Crippen LogP contribution >= 0.6 is 0 Å². The first-order valence-electron chi connectivity index (χ1n) is 10.9. The minimum absolute atomic E-state index is 0.0499. The second kappa shape index (κ2) is 9.34. The number of aromatic amines is 1. The summed E-state index contributed by atoms with van der Waals surface area (Å²) in [5.41, 5.74) is 9.41. The van der Waals surface area contributed by atoms with Crippen LogP contribution in [0.15, 0.2) is 42.5 Å². The van der Waals surface area contributed by atoms with Gasteiger partial charge in [0.25, 0.3) is 0 Å². The van der Waals surface area contributed by atoms with Crippen LogP contribution in [0.1, 0.15) is 24.8 Å². The highest BCUT2D eigenvalue weighted by atomic mass is 16.5. The van der Waals surface area contributed by atoms with Crippen molar-refractivity contribution in [3.63, 3.8) is 0 Å². The lowest BCUT2D eigenvalue weighted by Crippen LogP contribution is -2.44. The standard InChI is InChI=1S/C25H29N3O4/c1-31-17-9-10-20(22(14-17)32-2)24-19(18-7-3-4-8-21(18)27-24)11-12-23(29)28-13-5-6-16(15-28)25(26)30/h3-4,7-10,14,16,27H,5-6,11-13,15H2,1-2H3,(H2,26,30). The van der Waals surface area contributed by atoms with Crippen molar-refractivity contribution in [2.24, 2.45) is 11.7 Å². The third-order valence-corrected chi connectivity index (χ3v) is 6.26. The van der Waals surface area contributed by atoms with E-state index in [-0.39, 0.29) is 17.7 Å². The Bertz CT molecular complexity index is 1140. The number of nitrogens with two attached hydrogens (primary N) is 1. The zero-order chi connectivity index (χ0) is 22.7. The lowest BCUT2D eigenvalue weighted by molar-refractivity contribution is -0.134. The SMILES string of the molecule is COc1ccc(-c2[nH]c3ccccc3c2CCC(=O)N2CCCC(C(N)=O)C2)c(OC)c1. The monoisotopic (exact) mass is 435 g/mol. The highest BCUT2D eigenvalue weighted by Crippen LogP contribution is 2.38. The molecule has 2 heterocycles. The van der Waals surface area contributed by atoms with Gasteiger partial charge in [-0.3, -0.25) is 9.59 Å². The molecule has 0 radical (unpaired) electrons. The van der Waals surface area contributed by atoms with Crippen molar-refractivity contribution in [1.82, 2.24) is 9.88 Å². The largest absolute Gasteiger partial charge is 0.497 e. The minimum atomic E-state index is -0.326. The molecule has 1 atom stereocenters. The van der Waals surface area contributed by atoms with Crippen LogP contribution in [0.25, 0.3) is 22.2 Å². The molecule has 1 aromatic heterocycles. The summed E-state index contributed by atoms with van der Waals surface area (Å²) >= 11 is 0. The minimum Gasteiger partial charge on any atom is -0.497 e. The van der Waals surface area contributed by atoms with Crippen LogP contribution in [0.5, 0.6) is 11.5 Å². The number of hydrogen-bond donors (Lipinski definition) is 2. The van der Waals surface area contributed by atoms with E-state index in [0.29, 0.717) is 37.4 Å². The number of primary amides is 1. The molecule has 32 heavy (non-hydrogen) atoms. The van der Waals surface area contributed by atoms with Crippen molar-refractivity contribution in [3.05, 3.63) is 48.0 Å². The third kappa shape index (κ3) is 4.28. The number of H-pyrrole nitrogens is 1. The molecule has 0 bridgehead atoms. The summed E-state index contributed by atoms with van der Waals surface area (Å²) in [4.78, 5) is 29.8. The summed E-state index contributed by atoms with van der Waals surface area (Å²) in [5, 5.41) is 1.09. The van der Waals surface area contributed by atoms with E-state index in [1.807, 2.05) is 36.4 Å². The van der Waals surface area contributed by atoms with Crippen molar-refractivity contribution in [1.29, 1.82) is 0 Å². The fourth-order valence-electron chi connectivity index (χ4n) is 4.52. The van der Waals surface area contributed by atoms with E-state index in [9.17, 15) is 9.59 Å². The molecule has 4 rings (SSSR count). The molecule has 2 amide bonds. The number of carbonyl (C=O) groups is 2. The number of rotatable bonds is 7. The number of amides is 2. The van der Waals surface area contributed by atoms with Crippen LogP contribution in [-0.2, 0) is 16.0 Å². The molecule has 0 aliphatic carbocycles. The molecule has 168 valence electrons. The van der Waals surface area contributed by atoms with Gasteiger partial charge in [0.1, 0.15) is 11.5 Å². The van der Waals surface area contributed by atoms with E-state index >= 15 is 0 Å². The van der Waals surface area contributed by atoms with Gasteiger partial charge in [-0.1, -0.05) is 18.2 Å². The van der Waals surface area contributed by atoms with Gasteiger partial charge in [0.05, 0.1) is 25.8 Å². The topological polar surface area (TPSA) is 97.7 Å². The lowest BCUT2D eigenvalue weighted by Gasteiger charge is -2.31. The Kier molecular flexibility index (Phi) is 6.35. The van der Waals surface area contributed by atoms with Crippen molar-refractivity contribution < 1.29 is 19.1 Å². The Hall–Kier alpha value is -3.48. The molecule has 0 saturated carbocycles. The molecule has 3 aromatic rings. The fraction of sp³-hybridized carbons (Fsp3) is 0.360. The Labute approximate surface area is 187 Å². The molecule has 1 aliphatic heterocycles. The number of piperidine rings is 1. The van der Waals surface area contributed by atoms with E-state index in [0.717, 1.165) is 40.6 Å². The smallest absolute Gasteiger partial charge is 0.222 e. The molecule has 0 spiro atoms. The van der Waals surface area contributed by atoms with Crippen LogP contribution in [0, 0.1) is 5.92 Å². The highest BCUT2D eigenvalue weighted by Gasteiger charge is 2.27. The number of aromatic nitrogens is 1. The molecular formula is C25H29N3O4. The van der Waals surface area contributed by atoms with Crippen molar-refractivity contribution in [2.45, 2.75) is 25.7 Å². The summed E-state index contributed by atoms with van der Waals surface area (Å²) in [6.45, 7) is 1.09. The van der Waals surface area contributed by atoms with E-state index in [1.165, 1.54) is 0 Å². The van der Waals surface area contributed by atoms with Crippen molar-refractivity contribution >= 4 is 22.7 Å². The normalized spacial score (nSPS) is 16.2. The van der Waals surface area contributed by atoms with E-state index < -0.39 is 0 Å². The Morgan fingerprint density at radius 3 is 2.72 bits per heavy atom. The van der Waals surface area contributed by atoms with Gasteiger partial charge in [0.2, 0.25) is 11.8 Å². The summed E-state index contributed by atoms with van der Waals surface area (Å²) in [6, 6.07) is 13.8. The number of methoxy groups -OCH3 is 2. The van der Waals surface area contributed by atoms with Crippen LogP contribution in [-0.4, -0.2) is 49.0 Å². The van der Waals surface area contributed by atoms with Gasteiger partial charge in [-0.2, -0.15) is 0 Å². The molecule has 1 aliphatic rings. The Balaban J connectivity index is 1.63.